The van der Waals surface area contributed by atoms with Gasteiger partial charge in [-0.05, 0) is 29.7 Å². The van der Waals surface area contributed by atoms with Crippen LogP contribution < -0.4 is 10.6 Å². The molecule has 0 bridgehead atoms. The van der Waals surface area contributed by atoms with E-state index in [-0.39, 0.29) is 11.9 Å². The van der Waals surface area contributed by atoms with Crippen molar-refractivity contribution in [3.05, 3.63) is 59.4 Å². The van der Waals surface area contributed by atoms with E-state index in [2.05, 4.69) is 33.0 Å². The lowest BCUT2D eigenvalue weighted by Gasteiger charge is -2.25. The molecule has 0 fully saturated rings. The molecule has 1 amide bonds. The van der Waals surface area contributed by atoms with Crippen LogP contribution in [0.5, 0.6) is 0 Å². The lowest BCUT2D eigenvalue weighted by molar-refractivity contribution is -0.123. The third-order valence-corrected chi connectivity index (χ3v) is 3.47. The van der Waals surface area contributed by atoms with E-state index in [4.69, 9.17) is 0 Å². The van der Waals surface area contributed by atoms with Gasteiger partial charge < -0.3 is 10.6 Å². The Morgan fingerprint density at radius 3 is 2.90 bits per heavy atom. The summed E-state index contributed by atoms with van der Waals surface area (Å²) in [5.74, 6) is 0.00477. The highest BCUT2D eigenvalue weighted by molar-refractivity contribution is 5.82. The molecule has 3 rings (SSSR count). The largest absolute Gasteiger partial charge is 0.349 e. The Bertz CT molecular complexity index is 600. The van der Waals surface area contributed by atoms with Gasteiger partial charge in [0.25, 0.3) is 0 Å². The van der Waals surface area contributed by atoms with Gasteiger partial charge in [0.2, 0.25) is 5.91 Å². The highest BCUT2D eigenvalue weighted by atomic mass is 16.2. The van der Waals surface area contributed by atoms with Crippen molar-refractivity contribution in [3.8, 4) is 0 Å². The summed E-state index contributed by atoms with van der Waals surface area (Å²) in [6.45, 7) is 1.14. The average Bonchev–Trinajstić information content (AvgIpc) is 2.53. The first-order valence-corrected chi connectivity index (χ1v) is 6.67. The molecular formula is C15H16N4O. The van der Waals surface area contributed by atoms with Crippen molar-refractivity contribution in [2.45, 2.75) is 25.6 Å². The Morgan fingerprint density at radius 2 is 2.10 bits per heavy atom. The molecule has 2 heterocycles. The maximum Gasteiger partial charge on any atom is 0.237 e. The number of fused-ring (bicyclic) bond motifs is 1. The summed E-state index contributed by atoms with van der Waals surface area (Å²) in [4.78, 5) is 12.2. The van der Waals surface area contributed by atoms with Crippen LogP contribution in [0.25, 0.3) is 0 Å². The number of nitrogens with zero attached hydrogens (tertiary/aromatic N) is 2. The zero-order valence-electron chi connectivity index (χ0n) is 11.0. The highest BCUT2D eigenvalue weighted by Gasteiger charge is 2.23. The summed E-state index contributed by atoms with van der Waals surface area (Å²) in [6.07, 6.45) is 2.34. The number of hydrogen-bond acceptors (Lipinski definition) is 4. The molecule has 20 heavy (non-hydrogen) atoms. The molecule has 2 aromatic rings. The van der Waals surface area contributed by atoms with Crippen molar-refractivity contribution in [1.82, 2.24) is 20.8 Å². The number of carbonyl (C=O) groups is 1. The molecule has 102 valence electrons. The monoisotopic (exact) mass is 268 g/mol. The number of carbonyl (C=O) groups excluding carboxylic acids is 1. The fourth-order valence-corrected chi connectivity index (χ4v) is 2.37. The number of amides is 1. The third-order valence-electron chi connectivity index (χ3n) is 3.47. The van der Waals surface area contributed by atoms with Crippen LogP contribution in [0, 0.1) is 0 Å². The summed E-state index contributed by atoms with van der Waals surface area (Å²) in [5.41, 5.74) is 3.27. The zero-order valence-corrected chi connectivity index (χ0v) is 11.0. The summed E-state index contributed by atoms with van der Waals surface area (Å²) in [5, 5.41) is 13.9. The van der Waals surface area contributed by atoms with Gasteiger partial charge in [-0.25, -0.2) is 0 Å². The van der Waals surface area contributed by atoms with Crippen LogP contribution in [0.4, 0.5) is 0 Å². The highest BCUT2D eigenvalue weighted by Crippen LogP contribution is 2.16. The second-order valence-corrected chi connectivity index (χ2v) is 4.84. The topological polar surface area (TPSA) is 66.9 Å². The van der Waals surface area contributed by atoms with Crippen molar-refractivity contribution < 1.29 is 4.79 Å². The molecule has 0 spiro atoms. The predicted molar refractivity (Wildman–Crippen MR) is 74.7 cm³/mol. The summed E-state index contributed by atoms with van der Waals surface area (Å²) < 4.78 is 0. The molecule has 1 aromatic carbocycles. The Balaban J connectivity index is 1.59. The van der Waals surface area contributed by atoms with Gasteiger partial charge >= 0.3 is 0 Å². The minimum absolute atomic E-state index is 0.00477. The van der Waals surface area contributed by atoms with Crippen LogP contribution in [-0.2, 0) is 24.3 Å². The van der Waals surface area contributed by atoms with Gasteiger partial charge in [0.15, 0.2) is 0 Å². The Labute approximate surface area is 117 Å². The Morgan fingerprint density at radius 1 is 1.25 bits per heavy atom. The molecule has 5 heteroatoms. The Kier molecular flexibility index (Phi) is 3.69. The van der Waals surface area contributed by atoms with E-state index in [1.807, 2.05) is 24.3 Å². The first-order chi connectivity index (χ1) is 9.83. The van der Waals surface area contributed by atoms with Crippen LogP contribution in [-0.4, -0.2) is 22.1 Å². The number of benzene rings is 1. The van der Waals surface area contributed by atoms with E-state index in [9.17, 15) is 4.79 Å². The molecule has 0 unspecified atom stereocenters. The van der Waals surface area contributed by atoms with Gasteiger partial charge in [0.05, 0.1) is 18.3 Å². The molecule has 0 saturated carbocycles. The molecule has 0 aliphatic carbocycles. The zero-order chi connectivity index (χ0) is 13.8. The summed E-state index contributed by atoms with van der Waals surface area (Å²) in [7, 11) is 0. The van der Waals surface area contributed by atoms with E-state index >= 15 is 0 Å². The number of hydrogen-bond donors (Lipinski definition) is 2. The second-order valence-electron chi connectivity index (χ2n) is 4.84. The lowest BCUT2D eigenvalue weighted by atomic mass is 9.95. The maximum absolute atomic E-state index is 12.2. The van der Waals surface area contributed by atoms with Crippen LogP contribution in [0.3, 0.4) is 0 Å². The first-order valence-electron chi connectivity index (χ1n) is 6.67. The van der Waals surface area contributed by atoms with Crippen molar-refractivity contribution in [3.63, 3.8) is 0 Å². The standard InChI is InChI=1S/C15H16N4O/c20-15(17-10-13-6-3-7-18-19-13)14-8-11-4-1-2-5-12(11)9-16-14/h1-7,14,16H,8-10H2,(H,17,20)/t14-/m0/s1. The van der Waals surface area contributed by atoms with Crippen molar-refractivity contribution in [2.75, 3.05) is 0 Å². The minimum Gasteiger partial charge on any atom is -0.349 e. The second kappa shape index (κ2) is 5.79. The molecule has 1 aromatic heterocycles. The lowest BCUT2D eigenvalue weighted by Crippen LogP contribution is -2.47. The number of aromatic nitrogens is 2. The minimum atomic E-state index is -0.179. The van der Waals surface area contributed by atoms with Gasteiger partial charge in [-0.15, -0.1) is 0 Å². The van der Waals surface area contributed by atoms with E-state index in [1.165, 1.54) is 11.1 Å². The Hall–Kier alpha value is -2.27. The van der Waals surface area contributed by atoms with E-state index in [1.54, 1.807) is 6.20 Å². The van der Waals surface area contributed by atoms with Crippen LogP contribution in [0.2, 0.25) is 0 Å². The van der Waals surface area contributed by atoms with Gasteiger partial charge in [-0.3, -0.25) is 4.79 Å². The molecule has 0 saturated heterocycles. The van der Waals surface area contributed by atoms with Crippen molar-refractivity contribution >= 4 is 5.91 Å². The molecule has 0 radical (unpaired) electrons. The maximum atomic E-state index is 12.2. The van der Waals surface area contributed by atoms with E-state index < -0.39 is 0 Å². The molecule has 1 aliphatic heterocycles. The van der Waals surface area contributed by atoms with Gasteiger partial charge in [-0.2, -0.15) is 10.2 Å². The smallest absolute Gasteiger partial charge is 0.237 e. The predicted octanol–water partition coefficient (Wildman–Crippen LogP) is 0.807. The first kappa shape index (κ1) is 12.7. The molecule has 1 aliphatic rings. The fraction of sp³-hybridized carbons (Fsp3) is 0.267. The van der Waals surface area contributed by atoms with Crippen molar-refractivity contribution in [2.24, 2.45) is 0 Å². The van der Waals surface area contributed by atoms with E-state index in [0.717, 1.165) is 18.7 Å². The fourth-order valence-electron chi connectivity index (χ4n) is 2.37. The van der Waals surface area contributed by atoms with Gasteiger partial charge in [0.1, 0.15) is 0 Å². The van der Waals surface area contributed by atoms with Crippen LogP contribution >= 0.6 is 0 Å². The normalized spacial score (nSPS) is 17.3. The molecule has 2 N–H and O–H groups in total. The van der Waals surface area contributed by atoms with Crippen molar-refractivity contribution in [1.29, 1.82) is 0 Å². The summed E-state index contributed by atoms with van der Waals surface area (Å²) in [6, 6.07) is 11.7. The third kappa shape index (κ3) is 2.83. The van der Waals surface area contributed by atoms with Crippen LogP contribution in [0.15, 0.2) is 42.6 Å². The molecular weight excluding hydrogens is 252 g/mol. The summed E-state index contributed by atoms with van der Waals surface area (Å²) >= 11 is 0. The van der Waals surface area contributed by atoms with E-state index in [0.29, 0.717) is 6.54 Å². The average molecular weight is 268 g/mol. The number of nitrogens with one attached hydrogen (secondary N) is 2. The molecule has 5 nitrogen and oxygen atoms in total. The van der Waals surface area contributed by atoms with Gasteiger partial charge in [0, 0.05) is 12.7 Å². The SMILES string of the molecule is O=C(NCc1cccnn1)[C@@H]1Cc2ccccc2CN1. The van der Waals surface area contributed by atoms with Crippen LogP contribution in [0.1, 0.15) is 16.8 Å². The quantitative estimate of drug-likeness (QED) is 0.864. The number of rotatable bonds is 3. The van der Waals surface area contributed by atoms with Gasteiger partial charge in [-0.1, -0.05) is 24.3 Å². The molecule has 1 atom stereocenters.